The highest BCUT2D eigenvalue weighted by Crippen LogP contribution is 2.15. The Morgan fingerprint density at radius 1 is 1.60 bits per heavy atom. The summed E-state index contributed by atoms with van der Waals surface area (Å²) in [5, 5.41) is 0.146. The summed E-state index contributed by atoms with van der Waals surface area (Å²) in [6.45, 7) is 0. The Hall–Kier alpha value is -0.460. The maximum atomic E-state index is 10.3. The fourth-order valence-corrected chi connectivity index (χ4v) is 1.15. The van der Waals surface area contributed by atoms with Crippen molar-refractivity contribution in [3.05, 3.63) is 12.3 Å². The summed E-state index contributed by atoms with van der Waals surface area (Å²) in [4.78, 5) is -0.280. The standard InChI is InChI=1S/C4H4O4S2/c5-10(6,7)3-1-4(9)8-2-3/h1-2,9H,(H,5,6,7). The summed E-state index contributed by atoms with van der Waals surface area (Å²) in [5.41, 5.74) is 0. The van der Waals surface area contributed by atoms with Gasteiger partial charge in [-0.3, -0.25) is 4.55 Å². The van der Waals surface area contributed by atoms with Crippen molar-refractivity contribution in [3.63, 3.8) is 0 Å². The van der Waals surface area contributed by atoms with Crippen LogP contribution in [0.1, 0.15) is 0 Å². The predicted molar refractivity (Wildman–Crippen MR) is 35.8 cm³/mol. The summed E-state index contributed by atoms with van der Waals surface area (Å²) >= 11 is 3.69. The molecule has 0 aliphatic carbocycles. The summed E-state index contributed by atoms with van der Waals surface area (Å²) in [7, 11) is -4.12. The van der Waals surface area contributed by atoms with Crippen molar-refractivity contribution in [2.75, 3.05) is 0 Å². The molecular formula is C4H4O4S2. The molecule has 0 atom stereocenters. The van der Waals surface area contributed by atoms with Gasteiger partial charge in [0.25, 0.3) is 10.1 Å². The molecule has 10 heavy (non-hydrogen) atoms. The van der Waals surface area contributed by atoms with Crippen LogP contribution in [-0.4, -0.2) is 13.0 Å². The first kappa shape index (κ1) is 7.64. The average Bonchev–Trinajstić information content (AvgIpc) is 2.11. The van der Waals surface area contributed by atoms with Crippen molar-refractivity contribution in [3.8, 4) is 0 Å². The molecular weight excluding hydrogens is 176 g/mol. The van der Waals surface area contributed by atoms with E-state index in [-0.39, 0.29) is 9.99 Å². The second kappa shape index (κ2) is 2.30. The van der Waals surface area contributed by atoms with Crippen LogP contribution in [0.3, 0.4) is 0 Å². The highest BCUT2D eigenvalue weighted by atomic mass is 32.2. The molecule has 0 saturated heterocycles. The predicted octanol–water partition coefficient (Wildman–Crippen LogP) is 0.815. The third kappa shape index (κ3) is 1.53. The molecule has 56 valence electrons. The van der Waals surface area contributed by atoms with Crippen LogP contribution >= 0.6 is 12.6 Å². The minimum absolute atomic E-state index is 0.146. The van der Waals surface area contributed by atoms with Gasteiger partial charge in [0.15, 0.2) is 5.09 Å². The van der Waals surface area contributed by atoms with Gasteiger partial charge in [0.2, 0.25) is 0 Å². The van der Waals surface area contributed by atoms with E-state index in [9.17, 15) is 8.42 Å². The second-order valence-electron chi connectivity index (χ2n) is 1.60. The highest BCUT2D eigenvalue weighted by Gasteiger charge is 2.11. The zero-order valence-corrected chi connectivity index (χ0v) is 6.39. The quantitative estimate of drug-likeness (QED) is 0.496. The Bertz CT molecular complexity index is 323. The molecule has 1 rings (SSSR count). The molecule has 0 fully saturated rings. The molecule has 0 amide bonds. The van der Waals surface area contributed by atoms with E-state index in [1.54, 1.807) is 0 Å². The van der Waals surface area contributed by atoms with Crippen LogP contribution < -0.4 is 0 Å². The lowest BCUT2D eigenvalue weighted by Gasteiger charge is -1.84. The Labute approximate surface area is 63.0 Å². The summed E-state index contributed by atoms with van der Waals surface area (Å²) in [5.74, 6) is 0. The number of furan rings is 1. The molecule has 6 heteroatoms. The van der Waals surface area contributed by atoms with Gasteiger partial charge in [-0.15, -0.1) is 12.6 Å². The van der Waals surface area contributed by atoms with Crippen LogP contribution in [0, 0.1) is 0 Å². The van der Waals surface area contributed by atoms with Gasteiger partial charge >= 0.3 is 0 Å². The van der Waals surface area contributed by atoms with Crippen LogP contribution in [0.25, 0.3) is 0 Å². The fraction of sp³-hybridized carbons (Fsp3) is 0. The Kier molecular flexibility index (Phi) is 1.76. The number of thiol groups is 1. The molecule has 0 bridgehead atoms. The Balaban J connectivity index is 3.21. The molecule has 0 aromatic carbocycles. The summed E-state index contributed by atoms with van der Waals surface area (Å²) in [6.07, 6.45) is 0.914. The third-order valence-electron chi connectivity index (χ3n) is 0.859. The molecule has 0 aliphatic heterocycles. The first-order valence-electron chi connectivity index (χ1n) is 2.25. The van der Waals surface area contributed by atoms with Crippen molar-refractivity contribution in [1.29, 1.82) is 0 Å². The van der Waals surface area contributed by atoms with E-state index in [0.717, 1.165) is 12.3 Å². The molecule has 0 radical (unpaired) electrons. The number of hydrogen-bond donors (Lipinski definition) is 2. The lowest BCUT2D eigenvalue weighted by molar-refractivity contribution is 0.464. The van der Waals surface area contributed by atoms with Gasteiger partial charge in [-0.1, -0.05) is 0 Å². The zero-order valence-electron chi connectivity index (χ0n) is 4.68. The molecule has 1 heterocycles. The summed E-state index contributed by atoms with van der Waals surface area (Å²) < 4.78 is 33.5. The van der Waals surface area contributed by atoms with Gasteiger partial charge in [-0.2, -0.15) is 8.42 Å². The summed E-state index contributed by atoms with van der Waals surface area (Å²) in [6, 6.07) is 1.11. The van der Waals surface area contributed by atoms with Crippen molar-refractivity contribution in [2.24, 2.45) is 0 Å². The molecule has 0 saturated carbocycles. The Morgan fingerprint density at radius 2 is 2.20 bits per heavy atom. The van der Waals surface area contributed by atoms with Gasteiger partial charge in [0.1, 0.15) is 11.2 Å². The van der Waals surface area contributed by atoms with Crippen LogP contribution in [0.15, 0.2) is 26.7 Å². The number of hydrogen-bond acceptors (Lipinski definition) is 4. The van der Waals surface area contributed by atoms with Crippen molar-refractivity contribution >= 4 is 22.7 Å². The molecule has 0 aliphatic rings. The lowest BCUT2D eigenvalue weighted by Crippen LogP contribution is -1.94. The van der Waals surface area contributed by atoms with Crippen molar-refractivity contribution in [1.82, 2.24) is 0 Å². The van der Waals surface area contributed by atoms with E-state index < -0.39 is 10.1 Å². The largest absolute Gasteiger partial charge is 0.457 e. The molecule has 1 N–H and O–H groups in total. The monoisotopic (exact) mass is 180 g/mol. The van der Waals surface area contributed by atoms with E-state index >= 15 is 0 Å². The van der Waals surface area contributed by atoms with Crippen LogP contribution in [-0.2, 0) is 10.1 Å². The van der Waals surface area contributed by atoms with E-state index in [2.05, 4.69) is 17.0 Å². The lowest BCUT2D eigenvalue weighted by atomic mass is 10.7. The normalized spacial score (nSPS) is 11.8. The topological polar surface area (TPSA) is 67.5 Å². The maximum Gasteiger partial charge on any atom is 0.297 e. The smallest absolute Gasteiger partial charge is 0.297 e. The van der Waals surface area contributed by atoms with Gasteiger partial charge in [-0.25, -0.2) is 0 Å². The molecule has 0 unspecified atom stereocenters. The molecule has 0 spiro atoms. The molecule has 1 aromatic rings. The van der Waals surface area contributed by atoms with Gasteiger partial charge in [0.05, 0.1) is 0 Å². The number of rotatable bonds is 1. The zero-order chi connectivity index (χ0) is 7.78. The van der Waals surface area contributed by atoms with E-state index in [1.807, 2.05) is 0 Å². The second-order valence-corrected chi connectivity index (χ2v) is 3.46. The average molecular weight is 180 g/mol. The fourth-order valence-electron chi connectivity index (χ4n) is 0.443. The van der Waals surface area contributed by atoms with Crippen LogP contribution in [0.4, 0.5) is 0 Å². The first-order chi connectivity index (χ1) is 4.50. The van der Waals surface area contributed by atoms with E-state index in [0.29, 0.717) is 0 Å². The maximum absolute atomic E-state index is 10.3. The Morgan fingerprint density at radius 3 is 2.40 bits per heavy atom. The van der Waals surface area contributed by atoms with E-state index in [4.69, 9.17) is 4.55 Å². The van der Waals surface area contributed by atoms with Crippen molar-refractivity contribution in [2.45, 2.75) is 9.99 Å². The molecule has 1 aromatic heterocycles. The minimum atomic E-state index is -4.12. The van der Waals surface area contributed by atoms with Crippen molar-refractivity contribution < 1.29 is 17.4 Å². The highest BCUT2D eigenvalue weighted by molar-refractivity contribution is 7.86. The van der Waals surface area contributed by atoms with Gasteiger partial charge < -0.3 is 4.42 Å². The van der Waals surface area contributed by atoms with Crippen LogP contribution in [0.5, 0.6) is 0 Å². The van der Waals surface area contributed by atoms with Gasteiger partial charge in [-0.05, 0) is 0 Å². The SMILES string of the molecule is O=S(=O)(O)c1coc(S)c1. The van der Waals surface area contributed by atoms with Gasteiger partial charge in [0, 0.05) is 6.07 Å². The van der Waals surface area contributed by atoms with E-state index in [1.165, 1.54) is 0 Å². The minimum Gasteiger partial charge on any atom is -0.457 e. The first-order valence-corrected chi connectivity index (χ1v) is 4.14. The van der Waals surface area contributed by atoms with Crippen LogP contribution in [0.2, 0.25) is 0 Å². The molecule has 4 nitrogen and oxygen atoms in total. The third-order valence-corrected chi connectivity index (χ3v) is 1.90.